The average molecular weight is 429 g/mol. The van der Waals surface area contributed by atoms with E-state index in [2.05, 4.69) is 20.9 Å². The fraction of sp³-hybridized carbons (Fsp3) is 0.400. The van der Waals surface area contributed by atoms with Gasteiger partial charge in [-0.15, -0.1) is 0 Å². The Bertz CT molecular complexity index is 1090. The van der Waals surface area contributed by atoms with Crippen molar-refractivity contribution >= 4 is 11.7 Å². The molecule has 0 aliphatic carbocycles. The van der Waals surface area contributed by atoms with Crippen LogP contribution in [0.25, 0.3) is 0 Å². The molecular weight excluding hydrogens is 400 g/mol. The number of aromatic nitrogens is 4. The van der Waals surface area contributed by atoms with Crippen LogP contribution in [0.2, 0.25) is 0 Å². The van der Waals surface area contributed by atoms with Crippen molar-refractivity contribution in [3.8, 4) is 0 Å². The smallest absolute Gasteiger partial charge is 0.228 e. The Hall–Kier alpha value is -3.19. The second kappa shape index (κ2) is 9.12. The largest absolute Gasteiger partial charge is 0.290 e. The van der Waals surface area contributed by atoms with Gasteiger partial charge in [-0.1, -0.05) is 18.6 Å². The van der Waals surface area contributed by atoms with Crippen molar-refractivity contribution in [2.24, 2.45) is 0 Å². The number of carbonyl (C=O) groups excluding carboxylic acids is 1. The molecule has 0 aromatic carbocycles. The maximum Gasteiger partial charge on any atom is 0.228 e. The monoisotopic (exact) mass is 428 g/mol. The van der Waals surface area contributed by atoms with Gasteiger partial charge in [0.1, 0.15) is 11.6 Å². The van der Waals surface area contributed by atoms with E-state index in [1.54, 1.807) is 17.3 Å². The van der Waals surface area contributed by atoms with E-state index in [-0.39, 0.29) is 11.9 Å². The number of rotatable bonds is 5. The summed E-state index contributed by atoms with van der Waals surface area (Å²) in [4.78, 5) is 35.8. The molecule has 1 fully saturated rings. The molecule has 7 nitrogen and oxygen atoms in total. The molecule has 7 heteroatoms. The van der Waals surface area contributed by atoms with Crippen LogP contribution in [0.15, 0.2) is 48.9 Å². The quantitative estimate of drug-likeness (QED) is 0.616. The summed E-state index contributed by atoms with van der Waals surface area (Å²) in [7, 11) is 0. The summed E-state index contributed by atoms with van der Waals surface area (Å²) in [6.07, 6.45) is 10.0. The molecule has 0 radical (unpaired) electrons. The third-order valence-corrected chi connectivity index (χ3v) is 6.42. The SMILES string of the molecule is Cc1nc([C@H]2CCCCN2Cc2cccnc2)nc2c1CCC(=O)N2Cc1ccccn1. The Morgan fingerprint density at radius 1 is 1.03 bits per heavy atom. The molecule has 0 spiro atoms. The molecule has 1 amide bonds. The summed E-state index contributed by atoms with van der Waals surface area (Å²) in [6.45, 7) is 4.32. The summed E-state index contributed by atoms with van der Waals surface area (Å²) in [5.41, 5.74) is 4.12. The number of piperidine rings is 1. The third-order valence-electron chi connectivity index (χ3n) is 6.42. The van der Waals surface area contributed by atoms with Crippen LogP contribution in [-0.2, 0) is 24.3 Å². The van der Waals surface area contributed by atoms with Gasteiger partial charge in [0.05, 0.1) is 18.3 Å². The Morgan fingerprint density at radius 2 is 1.97 bits per heavy atom. The minimum atomic E-state index is 0.100. The van der Waals surface area contributed by atoms with Gasteiger partial charge in [-0.3, -0.25) is 24.6 Å². The van der Waals surface area contributed by atoms with Gasteiger partial charge in [-0.05, 0) is 56.5 Å². The Labute approximate surface area is 188 Å². The summed E-state index contributed by atoms with van der Waals surface area (Å²) in [5.74, 6) is 1.69. The predicted molar refractivity (Wildman–Crippen MR) is 122 cm³/mol. The molecule has 5 rings (SSSR count). The van der Waals surface area contributed by atoms with E-state index in [0.29, 0.717) is 19.4 Å². The van der Waals surface area contributed by atoms with Crippen molar-refractivity contribution < 1.29 is 4.79 Å². The lowest BCUT2D eigenvalue weighted by atomic mass is 9.99. The number of nitrogens with zero attached hydrogens (tertiary/aromatic N) is 6. The van der Waals surface area contributed by atoms with E-state index in [9.17, 15) is 4.79 Å². The number of amides is 1. The molecule has 3 aromatic heterocycles. The van der Waals surface area contributed by atoms with Crippen LogP contribution in [0.4, 0.5) is 5.82 Å². The minimum absolute atomic E-state index is 0.100. The van der Waals surface area contributed by atoms with Crippen LogP contribution in [0.1, 0.15) is 60.1 Å². The van der Waals surface area contributed by atoms with Crippen LogP contribution in [0.5, 0.6) is 0 Å². The van der Waals surface area contributed by atoms with Gasteiger partial charge in [0.2, 0.25) is 5.91 Å². The number of likely N-dealkylation sites (tertiary alicyclic amines) is 1. The molecule has 2 aliphatic heterocycles. The van der Waals surface area contributed by atoms with Crippen molar-refractivity contribution in [1.29, 1.82) is 0 Å². The first kappa shape index (κ1) is 20.7. The van der Waals surface area contributed by atoms with E-state index in [4.69, 9.17) is 9.97 Å². The van der Waals surface area contributed by atoms with E-state index in [0.717, 1.165) is 54.5 Å². The summed E-state index contributed by atoms with van der Waals surface area (Å²) >= 11 is 0. The highest BCUT2D eigenvalue weighted by molar-refractivity contribution is 5.95. The van der Waals surface area contributed by atoms with Gasteiger partial charge in [-0.25, -0.2) is 9.97 Å². The van der Waals surface area contributed by atoms with Crippen LogP contribution in [0.3, 0.4) is 0 Å². The van der Waals surface area contributed by atoms with Gasteiger partial charge in [0, 0.05) is 42.8 Å². The number of carbonyl (C=O) groups is 1. The summed E-state index contributed by atoms with van der Waals surface area (Å²) in [5, 5.41) is 0. The third kappa shape index (κ3) is 4.25. The molecule has 32 heavy (non-hydrogen) atoms. The van der Waals surface area contributed by atoms with Crippen molar-refractivity contribution in [3.63, 3.8) is 0 Å². The molecule has 164 valence electrons. The number of hydrogen-bond donors (Lipinski definition) is 0. The first-order chi connectivity index (χ1) is 15.7. The lowest BCUT2D eigenvalue weighted by Crippen LogP contribution is -2.38. The van der Waals surface area contributed by atoms with Crippen LogP contribution in [-0.4, -0.2) is 37.3 Å². The fourth-order valence-corrected chi connectivity index (χ4v) is 4.77. The van der Waals surface area contributed by atoms with E-state index in [1.807, 2.05) is 37.4 Å². The lowest BCUT2D eigenvalue weighted by Gasteiger charge is -2.36. The summed E-state index contributed by atoms with van der Waals surface area (Å²) < 4.78 is 0. The first-order valence-electron chi connectivity index (χ1n) is 11.4. The number of anilines is 1. The highest BCUT2D eigenvalue weighted by Crippen LogP contribution is 2.35. The second-order valence-electron chi connectivity index (χ2n) is 8.61. The highest BCUT2D eigenvalue weighted by atomic mass is 16.2. The molecular formula is C25H28N6O. The van der Waals surface area contributed by atoms with E-state index in [1.165, 1.54) is 12.0 Å². The van der Waals surface area contributed by atoms with Crippen LogP contribution in [0, 0.1) is 6.92 Å². The van der Waals surface area contributed by atoms with Gasteiger partial charge < -0.3 is 0 Å². The highest BCUT2D eigenvalue weighted by Gasteiger charge is 2.32. The van der Waals surface area contributed by atoms with Gasteiger partial charge >= 0.3 is 0 Å². The fourth-order valence-electron chi connectivity index (χ4n) is 4.77. The van der Waals surface area contributed by atoms with Crippen molar-refractivity contribution in [1.82, 2.24) is 24.8 Å². The van der Waals surface area contributed by atoms with Gasteiger partial charge in [0.15, 0.2) is 0 Å². The molecule has 0 unspecified atom stereocenters. The van der Waals surface area contributed by atoms with E-state index < -0.39 is 0 Å². The Kier molecular flexibility index (Phi) is 5.90. The van der Waals surface area contributed by atoms with Gasteiger partial charge in [-0.2, -0.15) is 0 Å². The average Bonchev–Trinajstić information content (AvgIpc) is 2.82. The second-order valence-corrected chi connectivity index (χ2v) is 8.61. The Balaban J connectivity index is 1.48. The first-order valence-corrected chi connectivity index (χ1v) is 11.4. The zero-order valence-electron chi connectivity index (χ0n) is 18.4. The molecule has 1 saturated heterocycles. The number of pyridine rings is 2. The molecule has 1 atom stereocenters. The summed E-state index contributed by atoms with van der Waals surface area (Å²) in [6, 6.07) is 10.0. The zero-order valence-corrected chi connectivity index (χ0v) is 18.4. The minimum Gasteiger partial charge on any atom is -0.290 e. The standard InChI is InChI=1S/C25H28N6O/c1-18-21-10-11-23(32)31(17-20-8-2-4-13-27-20)25(21)29-24(28-18)22-9-3-5-14-30(22)16-19-7-6-12-26-15-19/h2,4,6-8,12-13,15,22H,3,5,9-11,14,16-17H2,1H3/t22-/m1/s1. The maximum atomic E-state index is 12.9. The van der Waals surface area contributed by atoms with Crippen LogP contribution >= 0.6 is 0 Å². The van der Waals surface area contributed by atoms with Gasteiger partial charge in [0.25, 0.3) is 0 Å². The predicted octanol–water partition coefficient (Wildman–Crippen LogP) is 3.78. The van der Waals surface area contributed by atoms with Crippen LogP contribution < -0.4 is 4.90 Å². The number of hydrogen-bond acceptors (Lipinski definition) is 6. The molecule has 0 N–H and O–H groups in total. The zero-order chi connectivity index (χ0) is 21.9. The lowest BCUT2D eigenvalue weighted by molar-refractivity contribution is -0.119. The molecule has 0 bridgehead atoms. The Morgan fingerprint density at radius 3 is 2.78 bits per heavy atom. The molecule has 2 aliphatic rings. The van der Waals surface area contributed by atoms with Crippen molar-refractivity contribution in [2.75, 3.05) is 11.4 Å². The normalized spacial score (nSPS) is 19.1. The molecule has 0 saturated carbocycles. The number of fused-ring (bicyclic) bond motifs is 1. The molecule has 5 heterocycles. The topological polar surface area (TPSA) is 75.1 Å². The van der Waals surface area contributed by atoms with E-state index >= 15 is 0 Å². The maximum absolute atomic E-state index is 12.9. The number of aryl methyl sites for hydroxylation is 1. The van der Waals surface area contributed by atoms with Crippen molar-refractivity contribution in [3.05, 3.63) is 77.3 Å². The van der Waals surface area contributed by atoms with Crippen molar-refractivity contribution in [2.45, 2.75) is 58.2 Å². The molecule has 3 aromatic rings.